The molecule has 0 bridgehead atoms. The van der Waals surface area contributed by atoms with Gasteiger partial charge in [-0.3, -0.25) is 4.79 Å². The zero-order valence-electron chi connectivity index (χ0n) is 16.4. The Labute approximate surface area is 179 Å². The van der Waals surface area contributed by atoms with E-state index in [4.69, 9.17) is 0 Å². The first kappa shape index (κ1) is 19.8. The van der Waals surface area contributed by atoms with Crippen molar-refractivity contribution in [1.29, 1.82) is 0 Å². The number of amides is 1. The van der Waals surface area contributed by atoms with Gasteiger partial charge in [-0.1, -0.05) is 90.6 Å². The summed E-state index contributed by atoms with van der Waals surface area (Å²) < 4.78 is 1.64. The number of benzene rings is 3. The smallest absolute Gasteiger partial charge is 0.234 e. The second-order valence-electron chi connectivity index (χ2n) is 6.73. The second-order valence-corrected chi connectivity index (χ2v) is 8.04. The van der Waals surface area contributed by atoms with Gasteiger partial charge in [0, 0.05) is 0 Å². The minimum absolute atomic E-state index is 0.0830. The van der Waals surface area contributed by atoms with Crippen LogP contribution in [0.25, 0.3) is 5.69 Å². The Bertz CT molecular complexity index is 1050. The fourth-order valence-electron chi connectivity index (χ4n) is 3.10. The van der Waals surface area contributed by atoms with E-state index >= 15 is 0 Å². The zero-order chi connectivity index (χ0) is 20.8. The molecule has 30 heavy (non-hydrogen) atoms. The molecule has 1 heterocycles. The van der Waals surface area contributed by atoms with Crippen LogP contribution >= 0.6 is 11.8 Å². The van der Waals surface area contributed by atoms with E-state index in [2.05, 4.69) is 20.8 Å². The third-order valence-corrected chi connectivity index (χ3v) is 5.68. The van der Waals surface area contributed by atoms with Crippen LogP contribution in [0.4, 0.5) is 0 Å². The number of nitrogens with one attached hydrogen (secondary N) is 1. The summed E-state index contributed by atoms with van der Waals surface area (Å²) in [5.41, 5.74) is 2.91. The van der Waals surface area contributed by atoms with Gasteiger partial charge in [0.05, 0.1) is 17.0 Å². The number of carbonyl (C=O) groups is 1. The van der Waals surface area contributed by atoms with Gasteiger partial charge in [0.2, 0.25) is 11.1 Å². The third kappa shape index (κ3) is 4.58. The van der Waals surface area contributed by atoms with Crippen LogP contribution in [0.2, 0.25) is 0 Å². The first-order valence-corrected chi connectivity index (χ1v) is 10.5. The topological polar surface area (TPSA) is 72.7 Å². The van der Waals surface area contributed by atoms with Gasteiger partial charge in [-0.2, -0.15) is 4.68 Å². The van der Waals surface area contributed by atoms with Crippen LogP contribution < -0.4 is 5.32 Å². The first-order chi connectivity index (χ1) is 14.7. The van der Waals surface area contributed by atoms with Gasteiger partial charge in [0.25, 0.3) is 0 Å². The van der Waals surface area contributed by atoms with Crippen molar-refractivity contribution in [3.05, 3.63) is 102 Å². The molecule has 4 rings (SSSR count). The van der Waals surface area contributed by atoms with E-state index < -0.39 is 0 Å². The van der Waals surface area contributed by atoms with Gasteiger partial charge in [0.1, 0.15) is 0 Å². The number of hydrogen-bond acceptors (Lipinski definition) is 5. The normalized spacial score (nSPS) is 11.9. The Morgan fingerprint density at radius 3 is 1.97 bits per heavy atom. The average molecular weight is 416 g/mol. The number of aromatic nitrogens is 4. The summed E-state index contributed by atoms with van der Waals surface area (Å²) in [5.74, 6) is -0.0830. The van der Waals surface area contributed by atoms with Gasteiger partial charge in [-0.05, 0) is 40.6 Å². The zero-order valence-corrected chi connectivity index (χ0v) is 17.2. The summed E-state index contributed by atoms with van der Waals surface area (Å²) in [6.07, 6.45) is 0. The molecule has 0 aliphatic carbocycles. The molecule has 4 aromatic rings. The summed E-state index contributed by atoms with van der Waals surface area (Å²) in [7, 11) is 0. The van der Waals surface area contributed by atoms with Crippen LogP contribution in [0.5, 0.6) is 0 Å². The van der Waals surface area contributed by atoms with Crippen LogP contribution in [-0.4, -0.2) is 31.4 Å². The Hall–Kier alpha value is -3.45. The first-order valence-electron chi connectivity index (χ1n) is 9.63. The van der Waals surface area contributed by atoms with E-state index in [1.165, 1.54) is 11.8 Å². The van der Waals surface area contributed by atoms with Crippen molar-refractivity contribution in [2.75, 3.05) is 0 Å². The molecular formula is C23H21N5OS. The molecule has 1 amide bonds. The molecule has 0 spiro atoms. The van der Waals surface area contributed by atoms with Crippen LogP contribution in [0.3, 0.4) is 0 Å². The average Bonchev–Trinajstić information content (AvgIpc) is 3.27. The minimum atomic E-state index is -0.381. The minimum Gasteiger partial charge on any atom is -0.344 e. The van der Waals surface area contributed by atoms with Gasteiger partial charge in [-0.25, -0.2) is 0 Å². The number of nitrogens with zero attached hydrogens (tertiary/aromatic N) is 4. The summed E-state index contributed by atoms with van der Waals surface area (Å²) in [5, 5.41) is 15.3. The van der Waals surface area contributed by atoms with Gasteiger partial charge < -0.3 is 5.32 Å². The predicted octanol–water partition coefficient (Wildman–Crippen LogP) is 4.05. The van der Waals surface area contributed by atoms with Crippen molar-refractivity contribution < 1.29 is 4.79 Å². The van der Waals surface area contributed by atoms with Crippen molar-refractivity contribution in [2.45, 2.75) is 23.4 Å². The molecule has 7 heteroatoms. The highest BCUT2D eigenvalue weighted by Gasteiger charge is 2.23. The van der Waals surface area contributed by atoms with Gasteiger partial charge in [-0.15, -0.1) is 5.10 Å². The van der Waals surface area contributed by atoms with Crippen molar-refractivity contribution in [3.63, 3.8) is 0 Å². The van der Waals surface area contributed by atoms with Crippen LogP contribution in [0.15, 0.2) is 96.2 Å². The molecule has 0 aliphatic heterocycles. The van der Waals surface area contributed by atoms with E-state index in [9.17, 15) is 4.79 Å². The summed E-state index contributed by atoms with van der Waals surface area (Å²) in [6.45, 7) is 1.86. The maximum atomic E-state index is 13.1. The molecule has 0 saturated heterocycles. The number of carbonyl (C=O) groups excluding carboxylic acids is 1. The predicted molar refractivity (Wildman–Crippen MR) is 117 cm³/mol. The van der Waals surface area contributed by atoms with Crippen molar-refractivity contribution in [1.82, 2.24) is 25.5 Å². The SMILES string of the molecule is CC(Sc1nnnn1-c1ccccc1)C(=O)NC(c1ccccc1)c1ccccc1. The Morgan fingerprint density at radius 2 is 1.40 bits per heavy atom. The molecule has 1 unspecified atom stereocenters. The van der Waals surface area contributed by atoms with Crippen molar-refractivity contribution in [2.24, 2.45) is 0 Å². The van der Waals surface area contributed by atoms with E-state index in [1.807, 2.05) is 97.9 Å². The lowest BCUT2D eigenvalue weighted by Gasteiger charge is -2.22. The summed E-state index contributed by atoms with van der Waals surface area (Å²) in [4.78, 5) is 13.1. The third-order valence-electron chi connectivity index (χ3n) is 4.65. The summed E-state index contributed by atoms with van der Waals surface area (Å²) >= 11 is 1.33. The van der Waals surface area contributed by atoms with Crippen LogP contribution in [-0.2, 0) is 4.79 Å². The molecular weight excluding hydrogens is 394 g/mol. The molecule has 0 radical (unpaired) electrons. The standard InChI is InChI=1S/C23H21N5OS/c1-17(30-23-25-26-27-28(23)20-15-9-4-10-16-20)22(29)24-21(18-11-5-2-6-12-18)19-13-7-3-8-14-19/h2-17,21H,1H3,(H,24,29). The van der Waals surface area contributed by atoms with E-state index in [0.717, 1.165) is 16.8 Å². The van der Waals surface area contributed by atoms with E-state index in [0.29, 0.717) is 5.16 Å². The Kier molecular flexibility index (Phi) is 6.20. The molecule has 3 aromatic carbocycles. The van der Waals surface area contributed by atoms with Crippen molar-refractivity contribution >= 4 is 17.7 Å². The maximum absolute atomic E-state index is 13.1. The van der Waals surface area contributed by atoms with Gasteiger partial charge in [0.15, 0.2) is 0 Å². The fraction of sp³-hybridized carbons (Fsp3) is 0.130. The van der Waals surface area contributed by atoms with Crippen LogP contribution in [0, 0.1) is 0 Å². The maximum Gasteiger partial charge on any atom is 0.234 e. The van der Waals surface area contributed by atoms with Crippen molar-refractivity contribution in [3.8, 4) is 5.69 Å². The Balaban J connectivity index is 1.52. The molecule has 1 N–H and O–H groups in total. The number of hydrogen-bond donors (Lipinski definition) is 1. The molecule has 150 valence electrons. The highest BCUT2D eigenvalue weighted by atomic mass is 32.2. The fourth-order valence-corrected chi connectivity index (χ4v) is 3.92. The molecule has 0 aliphatic rings. The largest absolute Gasteiger partial charge is 0.344 e. The molecule has 0 fully saturated rings. The quantitative estimate of drug-likeness (QED) is 0.461. The molecule has 1 aromatic heterocycles. The number of tetrazole rings is 1. The highest BCUT2D eigenvalue weighted by molar-refractivity contribution is 8.00. The lowest BCUT2D eigenvalue weighted by molar-refractivity contribution is -0.120. The van der Waals surface area contributed by atoms with E-state index in [-0.39, 0.29) is 17.2 Å². The molecule has 6 nitrogen and oxygen atoms in total. The van der Waals surface area contributed by atoms with Crippen LogP contribution in [0.1, 0.15) is 24.1 Å². The number of thioether (sulfide) groups is 1. The second kappa shape index (κ2) is 9.37. The lowest BCUT2D eigenvalue weighted by atomic mass is 9.98. The number of para-hydroxylation sites is 1. The lowest BCUT2D eigenvalue weighted by Crippen LogP contribution is -2.35. The molecule has 1 atom stereocenters. The summed E-state index contributed by atoms with van der Waals surface area (Å²) in [6, 6.07) is 29.3. The monoisotopic (exact) mass is 415 g/mol. The van der Waals surface area contributed by atoms with E-state index in [1.54, 1.807) is 4.68 Å². The highest BCUT2D eigenvalue weighted by Crippen LogP contribution is 2.26. The molecule has 0 saturated carbocycles. The number of rotatable bonds is 7. The Morgan fingerprint density at radius 1 is 0.867 bits per heavy atom. The van der Waals surface area contributed by atoms with Gasteiger partial charge >= 0.3 is 0 Å².